The van der Waals surface area contributed by atoms with Gasteiger partial charge in [0.2, 0.25) is 5.91 Å². The normalized spacial score (nSPS) is 14.4. The first-order chi connectivity index (χ1) is 15.9. The summed E-state index contributed by atoms with van der Waals surface area (Å²) < 4.78 is 16.8. The predicted octanol–water partition coefficient (Wildman–Crippen LogP) is 1.91. The molecule has 0 bridgehead atoms. The minimum atomic E-state index is -0.524. The number of halogens is 1. The fraction of sp³-hybridized carbons (Fsp3) is 0.333. The van der Waals surface area contributed by atoms with E-state index in [0.29, 0.717) is 23.7 Å². The van der Waals surface area contributed by atoms with Gasteiger partial charge < -0.3 is 20.9 Å². The van der Waals surface area contributed by atoms with E-state index in [1.165, 1.54) is 19.2 Å². The molecule has 1 saturated carbocycles. The number of amides is 2. The summed E-state index contributed by atoms with van der Waals surface area (Å²) in [6, 6.07) is 4.44. The Bertz CT molecular complexity index is 1280. The van der Waals surface area contributed by atoms with Gasteiger partial charge in [-0.05, 0) is 31.9 Å². The zero-order valence-corrected chi connectivity index (χ0v) is 18.3. The van der Waals surface area contributed by atoms with Crippen molar-refractivity contribution in [2.24, 2.45) is 5.92 Å². The third kappa shape index (κ3) is 3.73. The molecule has 2 aromatic heterocycles. The molecule has 3 heterocycles. The fourth-order valence-electron chi connectivity index (χ4n) is 3.82. The van der Waals surface area contributed by atoms with Gasteiger partial charge in [0.25, 0.3) is 5.91 Å². The summed E-state index contributed by atoms with van der Waals surface area (Å²) >= 11 is 0. The Hall–Kier alpha value is -4.09. The molecule has 1 aliphatic carbocycles. The van der Waals surface area contributed by atoms with Gasteiger partial charge in [-0.1, -0.05) is 0 Å². The standard InChI is InChI=1S/C21H22FN9O2/c1-10-24-16-9-30(3)19-14(31(16)29-10)7-6-12(22)17(19)25-13-8-15(26-20(32)11-4-5-11)27-28-18(13)21(33)23-2/h6-8,11H,4-5,9H2,1-3H3,(H,23,33)(H2,25,26,27,32). The Morgan fingerprint density at radius 3 is 2.73 bits per heavy atom. The minimum Gasteiger partial charge on any atom is -0.364 e. The molecule has 3 N–H and O–H groups in total. The van der Waals surface area contributed by atoms with Gasteiger partial charge in [0.1, 0.15) is 17.3 Å². The molecule has 0 atom stereocenters. The molecular formula is C21H22FN9O2. The molecule has 170 valence electrons. The summed E-state index contributed by atoms with van der Waals surface area (Å²) in [5.74, 6) is 0.314. The van der Waals surface area contributed by atoms with E-state index < -0.39 is 11.7 Å². The SMILES string of the molecule is CNC(=O)c1nnc(NC(=O)C2CC2)cc1Nc1c(F)ccc2c1N(C)Cc1nc(C)nn1-2. The van der Waals surface area contributed by atoms with E-state index in [2.05, 4.69) is 36.2 Å². The third-order valence-corrected chi connectivity index (χ3v) is 5.57. The summed E-state index contributed by atoms with van der Waals surface area (Å²) in [6.07, 6.45) is 1.66. The highest BCUT2D eigenvalue weighted by atomic mass is 19.1. The second-order valence-corrected chi connectivity index (χ2v) is 8.09. The number of carbonyl (C=O) groups is 2. The van der Waals surface area contributed by atoms with Crippen LogP contribution >= 0.6 is 0 Å². The molecule has 5 rings (SSSR count). The smallest absolute Gasteiger partial charge is 0.273 e. The maximum absolute atomic E-state index is 15.1. The second-order valence-electron chi connectivity index (χ2n) is 8.09. The van der Waals surface area contributed by atoms with E-state index in [9.17, 15) is 9.59 Å². The predicted molar refractivity (Wildman–Crippen MR) is 118 cm³/mol. The molecule has 12 heteroatoms. The lowest BCUT2D eigenvalue weighted by atomic mass is 10.1. The number of aromatic nitrogens is 5. The number of benzene rings is 1. The number of nitrogens with one attached hydrogen (secondary N) is 3. The van der Waals surface area contributed by atoms with Crippen LogP contribution in [0.3, 0.4) is 0 Å². The van der Waals surface area contributed by atoms with E-state index in [4.69, 9.17) is 0 Å². The minimum absolute atomic E-state index is 0.0327. The van der Waals surface area contributed by atoms with Crippen molar-refractivity contribution in [1.82, 2.24) is 30.3 Å². The molecule has 33 heavy (non-hydrogen) atoms. The zero-order valence-electron chi connectivity index (χ0n) is 18.3. The molecular weight excluding hydrogens is 429 g/mol. The highest BCUT2D eigenvalue weighted by Gasteiger charge is 2.31. The first-order valence-corrected chi connectivity index (χ1v) is 10.5. The van der Waals surface area contributed by atoms with Crippen LogP contribution in [0.5, 0.6) is 0 Å². The molecule has 11 nitrogen and oxygen atoms in total. The van der Waals surface area contributed by atoms with Crippen LogP contribution in [0.1, 0.15) is 35.0 Å². The second kappa shape index (κ2) is 7.80. The number of fused-ring (bicyclic) bond motifs is 3. The third-order valence-electron chi connectivity index (χ3n) is 5.57. The monoisotopic (exact) mass is 451 g/mol. The van der Waals surface area contributed by atoms with E-state index in [0.717, 1.165) is 18.7 Å². The van der Waals surface area contributed by atoms with Crippen LogP contribution in [0.4, 0.5) is 27.3 Å². The van der Waals surface area contributed by atoms with Crippen molar-refractivity contribution in [2.75, 3.05) is 29.6 Å². The van der Waals surface area contributed by atoms with Crippen molar-refractivity contribution in [2.45, 2.75) is 26.3 Å². The number of nitrogens with zero attached hydrogens (tertiary/aromatic N) is 6. The topological polar surface area (TPSA) is 130 Å². The average Bonchev–Trinajstić information content (AvgIpc) is 3.57. The van der Waals surface area contributed by atoms with Crippen molar-refractivity contribution in [3.63, 3.8) is 0 Å². The Labute approximate surface area is 188 Å². The van der Waals surface area contributed by atoms with E-state index in [-0.39, 0.29) is 34.7 Å². The van der Waals surface area contributed by atoms with Crippen LogP contribution in [0.2, 0.25) is 0 Å². The van der Waals surface area contributed by atoms with Gasteiger partial charge in [0, 0.05) is 26.1 Å². The van der Waals surface area contributed by atoms with E-state index in [1.807, 2.05) is 11.9 Å². The molecule has 3 aromatic rings. The van der Waals surface area contributed by atoms with Crippen LogP contribution < -0.4 is 20.9 Å². The van der Waals surface area contributed by atoms with Crippen molar-refractivity contribution in [1.29, 1.82) is 0 Å². The summed E-state index contributed by atoms with van der Waals surface area (Å²) in [5.41, 5.74) is 1.52. The molecule has 1 fully saturated rings. The average molecular weight is 451 g/mol. The maximum atomic E-state index is 15.1. The van der Waals surface area contributed by atoms with E-state index >= 15 is 4.39 Å². The lowest BCUT2D eigenvalue weighted by molar-refractivity contribution is -0.117. The van der Waals surface area contributed by atoms with Crippen molar-refractivity contribution < 1.29 is 14.0 Å². The molecule has 0 unspecified atom stereocenters. The molecule has 2 aliphatic rings. The Morgan fingerprint density at radius 2 is 2.00 bits per heavy atom. The fourth-order valence-corrected chi connectivity index (χ4v) is 3.82. The lowest BCUT2D eigenvalue weighted by Gasteiger charge is -2.30. The van der Waals surface area contributed by atoms with Gasteiger partial charge in [0.15, 0.2) is 17.3 Å². The zero-order chi connectivity index (χ0) is 23.3. The molecule has 0 radical (unpaired) electrons. The molecule has 0 saturated heterocycles. The van der Waals surface area contributed by atoms with Gasteiger partial charge >= 0.3 is 0 Å². The largest absolute Gasteiger partial charge is 0.364 e. The van der Waals surface area contributed by atoms with Gasteiger partial charge in [-0.25, -0.2) is 14.1 Å². The lowest BCUT2D eigenvalue weighted by Crippen LogP contribution is -2.28. The number of hydrogen-bond acceptors (Lipinski definition) is 8. The maximum Gasteiger partial charge on any atom is 0.273 e. The first kappa shape index (κ1) is 20.8. The van der Waals surface area contributed by atoms with Crippen molar-refractivity contribution in [3.8, 4) is 5.69 Å². The Kier molecular flexibility index (Phi) is 4.91. The molecule has 0 spiro atoms. The van der Waals surface area contributed by atoms with Gasteiger partial charge in [-0.15, -0.1) is 10.2 Å². The van der Waals surface area contributed by atoms with Gasteiger partial charge in [0.05, 0.1) is 23.6 Å². The summed E-state index contributed by atoms with van der Waals surface area (Å²) in [4.78, 5) is 30.9. The Morgan fingerprint density at radius 1 is 1.21 bits per heavy atom. The van der Waals surface area contributed by atoms with E-state index in [1.54, 1.807) is 17.7 Å². The van der Waals surface area contributed by atoms with Crippen LogP contribution in [-0.2, 0) is 11.3 Å². The Balaban J connectivity index is 1.59. The summed E-state index contributed by atoms with van der Waals surface area (Å²) in [5, 5.41) is 20.6. The van der Waals surface area contributed by atoms with Crippen LogP contribution in [-0.4, -0.2) is 50.9 Å². The first-order valence-electron chi connectivity index (χ1n) is 10.5. The van der Waals surface area contributed by atoms with Crippen molar-refractivity contribution in [3.05, 3.63) is 41.4 Å². The highest BCUT2D eigenvalue weighted by molar-refractivity contribution is 6.00. The number of rotatable bonds is 5. The number of carbonyl (C=O) groups excluding carboxylic acids is 2. The summed E-state index contributed by atoms with van der Waals surface area (Å²) in [6.45, 7) is 2.22. The van der Waals surface area contributed by atoms with Crippen LogP contribution in [0, 0.1) is 18.7 Å². The number of anilines is 4. The van der Waals surface area contributed by atoms with Crippen LogP contribution in [0.15, 0.2) is 18.2 Å². The number of aryl methyl sites for hydroxylation is 1. The highest BCUT2D eigenvalue weighted by Crippen LogP contribution is 2.40. The quantitative estimate of drug-likeness (QED) is 0.536. The summed E-state index contributed by atoms with van der Waals surface area (Å²) in [7, 11) is 3.28. The molecule has 2 amide bonds. The van der Waals surface area contributed by atoms with Crippen LogP contribution in [0.25, 0.3) is 5.69 Å². The molecule has 1 aromatic carbocycles. The van der Waals surface area contributed by atoms with Gasteiger partial charge in [-0.3, -0.25) is 9.59 Å². The van der Waals surface area contributed by atoms with Crippen molar-refractivity contribution >= 4 is 34.7 Å². The molecule has 1 aliphatic heterocycles. The van der Waals surface area contributed by atoms with Gasteiger partial charge in [-0.2, -0.15) is 5.10 Å². The number of hydrogen-bond donors (Lipinski definition) is 3.